The van der Waals surface area contributed by atoms with Gasteiger partial charge in [-0.05, 0) is 19.9 Å². The van der Waals surface area contributed by atoms with Gasteiger partial charge in [-0.2, -0.15) is 9.97 Å². The summed E-state index contributed by atoms with van der Waals surface area (Å²) in [5.74, 6) is 4.13. The molecule has 0 radical (unpaired) electrons. The number of fused-ring (bicyclic) bond motifs is 1. The summed E-state index contributed by atoms with van der Waals surface area (Å²) < 4.78 is 18.0. The van der Waals surface area contributed by atoms with E-state index in [1.54, 1.807) is 26.5 Å². The second kappa shape index (κ2) is 7.74. The highest BCUT2D eigenvalue weighted by molar-refractivity contribution is 5.86. The molecule has 0 aromatic carbocycles. The lowest BCUT2D eigenvalue weighted by atomic mass is 10.4. The summed E-state index contributed by atoms with van der Waals surface area (Å²) in [6, 6.07) is 3.57. The van der Waals surface area contributed by atoms with Crippen molar-refractivity contribution >= 4 is 16.9 Å². The van der Waals surface area contributed by atoms with Crippen LogP contribution < -0.4 is 14.8 Å². The van der Waals surface area contributed by atoms with Gasteiger partial charge in [-0.25, -0.2) is 15.0 Å². The molecule has 0 saturated carbocycles. The van der Waals surface area contributed by atoms with E-state index in [4.69, 9.17) is 13.9 Å². The van der Waals surface area contributed by atoms with Gasteiger partial charge in [0.05, 0.1) is 45.1 Å². The minimum Gasteiger partial charge on any atom is -0.481 e. The number of nitrogens with zero attached hydrogens (tertiary/aromatic N) is 6. The summed E-state index contributed by atoms with van der Waals surface area (Å²) in [7, 11) is 3.11. The van der Waals surface area contributed by atoms with Crippen molar-refractivity contribution in [3.8, 4) is 11.8 Å². The quantitative estimate of drug-likeness (QED) is 0.504. The molecule has 4 aromatic heterocycles. The van der Waals surface area contributed by atoms with Crippen LogP contribution in [0.15, 0.2) is 28.9 Å². The molecule has 4 rings (SSSR count). The van der Waals surface area contributed by atoms with Gasteiger partial charge in [-0.1, -0.05) is 0 Å². The first-order valence-corrected chi connectivity index (χ1v) is 9.00. The Balaban J connectivity index is 1.68. The second-order valence-electron chi connectivity index (χ2n) is 6.38. The zero-order valence-electron chi connectivity index (χ0n) is 16.6. The predicted octanol–water partition coefficient (Wildman–Crippen LogP) is 2.50. The van der Waals surface area contributed by atoms with Crippen LogP contribution >= 0.6 is 0 Å². The van der Waals surface area contributed by atoms with E-state index >= 15 is 0 Å². The molecule has 0 fully saturated rings. The Hall–Kier alpha value is -3.69. The predicted molar refractivity (Wildman–Crippen MR) is 105 cm³/mol. The lowest BCUT2D eigenvalue weighted by molar-refractivity contribution is 0.367. The molecule has 0 atom stereocenters. The topological polar surface area (TPSA) is 113 Å². The van der Waals surface area contributed by atoms with Gasteiger partial charge >= 0.3 is 0 Å². The Kier molecular flexibility index (Phi) is 4.98. The number of oxazole rings is 1. The van der Waals surface area contributed by atoms with Crippen molar-refractivity contribution in [3.63, 3.8) is 0 Å². The third kappa shape index (κ3) is 3.96. The van der Waals surface area contributed by atoms with Crippen molar-refractivity contribution in [2.45, 2.75) is 26.9 Å². The van der Waals surface area contributed by atoms with Crippen molar-refractivity contribution in [1.82, 2.24) is 29.5 Å². The van der Waals surface area contributed by atoms with E-state index in [1.807, 2.05) is 30.7 Å². The zero-order valence-corrected chi connectivity index (χ0v) is 16.6. The number of ether oxygens (including phenoxy) is 2. The molecule has 4 heterocycles. The minimum atomic E-state index is 0.399. The van der Waals surface area contributed by atoms with Crippen molar-refractivity contribution in [3.05, 3.63) is 47.8 Å². The van der Waals surface area contributed by atoms with Crippen LogP contribution in [0.5, 0.6) is 11.8 Å². The van der Waals surface area contributed by atoms with Crippen molar-refractivity contribution < 1.29 is 13.9 Å². The molecule has 0 aliphatic carbocycles. The number of hydrogen-bond acceptors (Lipinski definition) is 9. The normalized spacial score (nSPS) is 11.0. The molecule has 0 unspecified atom stereocenters. The molecule has 0 amide bonds. The summed E-state index contributed by atoms with van der Waals surface area (Å²) in [4.78, 5) is 22.1. The fourth-order valence-electron chi connectivity index (χ4n) is 3.00. The molecule has 4 aromatic rings. The first kappa shape index (κ1) is 18.7. The molecular formula is C19H21N7O3. The summed E-state index contributed by atoms with van der Waals surface area (Å²) in [5, 5.41) is 3.30. The lowest BCUT2D eigenvalue weighted by Crippen LogP contribution is -2.09. The first-order valence-electron chi connectivity index (χ1n) is 9.00. The van der Waals surface area contributed by atoms with Crippen LogP contribution in [0.3, 0.4) is 0 Å². The third-order valence-corrected chi connectivity index (χ3v) is 4.25. The van der Waals surface area contributed by atoms with Crippen molar-refractivity contribution in [2.24, 2.45) is 0 Å². The van der Waals surface area contributed by atoms with Crippen LogP contribution in [0.25, 0.3) is 11.0 Å². The summed E-state index contributed by atoms with van der Waals surface area (Å²) in [5.41, 5.74) is 1.66. The van der Waals surface area contributed by atoms with Gasteiger partial charge in [0.25, 0.3) is 0 Å². The van der Waals surface area contributed by atoms with Crippen LogP contribution in [0.1, 0.15) is 23.3 Å². The van der Waals surface area contributed by atoms with Gasteiger partial charge in [-0.3, -0.25) is 0 Å². The van der Waals surface area contributed by atoms with Crippen molar-refractivity contribution in [2.75, 3.05) is 19.5 Å². The fourth-order valence-corrected chi connectivity index (χ4v) is 3.00. The van der Waals surface area contributed by atoms with Gasteiger partial charge in [0.2, 0.25) is 17.7 Å². The number of hydrogen-bond donors (Lipinski definition) is 1. The van der Waals surface area contributed by atoms with Crippen LogP contribution in [0.4, 0.5) is 5.82 Å². The minimum absolute atomic E-state index is 0.399. The Morgan fingerprint density at radius 3 is 2.48 bits per heavy atom. The number of nitrogens with one attached hydrogen (secondary N) is 1. The third-order valence-electron chi connectivity index (χ3n) is 4.25. The molecule has 10 nitrogen and oxygen atoms in total. The Morgan fingerprint density at radius 1 is 1.07 bits per heavy atom. The van der Waals surface area contributed by atoms with Crippen LogP contribution in [0.2, 0.25) is 0 Å². The molecule has 29 heavy (non-hydrogen) atoms. The zero-order chi connectivity index (χ0) is 20.4. The summed E-state index contributed by atoms with van der Waals surface area (Å²) >= 11 is 0. The van der Waals surface area contributed by atoms with E-state index in [0.29, 0.717) is 48.2 Å². The molecular weight excluding hydrogens is 374 g/mol. The van der Waals surface area contributed by atoms with Gasteiger partial charge in [0.15, 0.2) is 11.6 Å². The monoisotopic (exact) mass is 395 g/mol. The van der Waals surface area contributed by atoms with E-state index < -0.39 is 0 Å². The number of methoxy groups -OCH3 is 2. The maximum absolute atomic E-state index is 5.53. The molecule has 150 valence electrons. The molecule has 0 aliphatic rings. The van der Waals surface area contributed by atoms with Gasteiger partial charge < -0.3 is 23.8 Å². The van der Waals surface area contributed by atoms with Gasteiger partial charge in [-0.15, -0.1) is 0 Å². The Labute approximate surface area is 167 Å². The largest absolute Gasteiger partial charge is 0.481 e. The SMILES string of the molecule is COc1cc(OC)nc(Cn2ccc3nc(C)nc(NCc4ncc(C)o4)c32)n1. The smallest absolute Gasteiger partial charge is 0.220 e. The van der Waals surface area contributed by atoms with Crippen LogP contribution in [0, 0.1) is 13.8 Å². The molecule has 10 heteroatoms. The van der Waals surface area contributed by atoms with E-state index in [9.17, 15) is 0 Å². The van der Waals surface area contributed by atoms with Crippen LogP contribution in [-0.4, -0.2) is 43.7 Å². The molecule has 0 saturated heterocycles. The summed E-state index contributed by atoms with van der Waals surface area (Å²) in [6.07, 6.45) is 3.61. The first-order chi connectivity index (χ1) is 14.1. The molecule has 0 spiro atoms. The fraction of sp³-hybridized carbons (Fsp3) is 0.316. The molecule has 0 bridgehead atoms. The van der Waals surface area contributed by atoms with E-state index in [-0.39, 0.29) is 0 Å². The van der Waals surface area contributed by atoms with Crippen LogP contribution in [-0.2, 0) is 13.1 Å². The average molecular weight is 395 g/mol. The van der Waals surface area contributed by atoms with E-state index in [2.05, 4.69) is 30.2 Å². The van der Waals surface area contributed by atoms with Crippen molar-refractivity contribution in [1.29, 1.82) is 0 Å². The van der Waals surface area contributed by atoms with E-state index in [1.165, 1.54) is 0 Å². The number of anilines is 1. The van der Waals surface area contributed by atoms with Gasteiger partial charge in [0.1, 0.15) is 17.1 Å². The Bertz CT molecular complexity index is 1130. The highest BCUT2D eigenvalue weighted by atomic mass is 16.5. The molecule has 0 aliphatic heterocycles. The lowest BCUT2D eigenvalue weighted by Gasteiger charge is -2.11. The molecule has 1 N–H and O–H groups in total. The highest BCUT2D eigenvalue weighted by Gasteiger charge is 2.14. The maximum atomic E-state index is 5.53. The Morgan fingerprint density at radius 2 is 1.83 bits per heavy atom. The number of rotatable bonds is 7. The van der Waals surface area contributed by atoms with E-state index in [0.717, 1.165) is 16.8 Å². The highest BCUT2D eigenvalue weighted by Crippen LogP contribution is 2.24. The van der Waals surface area contributed by atoms with Gasteiger partial charge in [0, 0.05) is 6.20 Å². The average Bonchev–Trinajstić information content (AvgIpc) is 3.31. The maximum Gasteiger partial charge on any atom is 0.220 e. The standard InChI is InChI=1S/C19H21N7O3/c1-11-8-20-17(29-11)9-21-19-18-13(22-12(2)23-19)5-6-26(18)10-14-24-15(27-3)7-16(25-14)28-4/h5-8H,9-10H2,1-4H3,(H,21,22,23). The second-order valence-corrected chi connectivity index (χ2v) is 6.38. The number of aromatic nitrogens is 6. The summed E-state index contributed by atoms with van der Waals surface area (Å²) in [6.45, 7) is 4.52. The number of aryl methyl sites for hydroxylation is 2.